The van der Waals surface area contributed by atoms with Crippen molar-refractivity contribution in [2.45, 2.75) is 58.9 Å². The van der Waals surface area contributed by atoms with Gasteiger partial charge in [-0.3, -0.25) is 4.68 Å². The van der Waals surface area contributed by atoms with Crippen molar-refractivity contribution in [3.8, 4) is 0 Å². The average molecular weight is 237 g/mol. The van der Waals surface area contributed by atoms with Crippen LogP contribution in [0.25, 0.3) is 0 Å². The number of hydrogen-bond acceptors (Lipinski definition) is 2. The third-order valence-corrected chi connectivity index (χ3v) is 3.58. The SMILES string of the molecule is CCCCC(CC)CC(N)c1cn(C)nc1C. The molecule has 3 heteroatoms. The number of nitrogens with zero attached hydrogens (tertiary/aromatic N) is 2. The molecule has 0 spiro atoms. The van der Waals surface area contributed by atoms with Gasteiger partial charge in [-0.05, 0) is 19.3 Å². The summed E-state index contributed by atoms with van der Waals surface area (Å²) in [6, 6.07) is 0.144. The second-order valence-corrected chi connectivity index (χ2v) is 5.10. The lowest BCUT2D eigenvalue weighted by molar-refractivity contribution is 0.388. The fourth-order valence-electron chi connectivity index (χ4n) is 2.45. The van der Waals surface area contributed by atoms with Crippen molar-refractivity contribution in [1.82, 2.24) is 9.78 Å². The third kappa shape index (κ3) is 4.15. The van der Waals surface area contributed by atoms with Gasteiger partial charge in [0.1, 0.15) is 0 Å². The van der Waals surface area contributed by atoms with Crippen molar-refractivity contribution in [2.75, 3.05) is 0 Å². The molecule has 0 aromatic carbocycles. The molecule has 0 fully saturated rings. The highest BCUT2D eigenvalue weighted by molar-refractivity contribution is 5.19. The molecule has 0 aliphatic carbocycles. The van der Waals surface area contributed by atoms with E-state index in [-0.39, 0.29) is 6.04 Å². The summed E-state index contributed by atoms with van der Waals surface area (Å²) in [5.74, 6) is 0.754. The van der Waals surface area contributed by atoms with Gasteiger partial charge in [0.05, 0.1) is 5.69 Å². The summed E-state index contributed by atoms with van der Waals surface area (Å²) in [5, 5.41) is 4.36. The summed E-state index contributed by atoms with van der Waals surface area (Å²) in [6.07, 6.45) is 8.28. The van der Waals surface area contributed by atoms with E-state index in [0.29, 0.717) is 0 Å². The van der Waals surface area contributed by atoms with Crippen molar-refractivity contribution < 1.29 is 0 Å². The van der Waals surface area contributed by atoms with Crippen molar-refractivity contribution in [2.24, 2.45) is 18.7 Å². The molecule has 1 heterocycles. The van der Waals surface area contributed by atoms with E-state index < -0.39 is 0 Å². The summed E-state index contributed by atoms with van der Waals surface area (Å²) in [6.45, 7) is 6.56. The Morgan fingerprint density at radius 2 is 2.12 bits per heavy atom. The molecule has 0 radical (unpaired) electrons. The van der Waals surface area contributed by atoms with Crippen LogP contribution in [0.15, 0.2) is 6.20 Å². The molecular weight excluding hydrogens is 210 g/mol. The van der Waals surface area contributed by atoms with Crippen molar-refractivity contribution >= 4 is 0 Å². The third-order valence-electron chi connectivity index (χ3n) is 3.58. The number of hydrogen-bond donors (Lipinski definition) is 1. The van der Waals surface area contributed by atoms with E-state index in [0.717, 1.165) is 18.0 Å². The van der Waals surface area contributed by atoms with Gasteiger partial charge < -0.3 is 5.73 Å². The zero-order valence-corrected chi connectivity index (χ0v) is 11.7. The molecule has 2 N–H and O–H groups in total. The minimum Gasteiger partial charge on any atom is -0.324 e. The minimum absolute atomic E-state index is 0.144. The van der Waals surface area contributed by atoms with E-state index in [1.165, 1.54) is 31.2 Å². The Bertz CT molecular complexity index is 330. The largest absolute Gasteiger partial charge is 0.324 e. The quantitative estimate of drug-likeness (QED) is 0.790. The van der Waals surface area contributed by atoms with Crippen LogP contribution in [-0.4, -0.2) is 9.78 Å². The van der Waals surface area contributed by atoms with E-state index in [2.05, 4.69) is 25.1 Å². The molecule has 3 nitrogen and oxygen atoms in total. The Hall–Kier alpha value is -0.830. The molecule has 1 aromatic rings. The minimum atomic E-state index is 0.144. The van der Waals surface area contributed by atoms with Crippen LogP contribution in [0.3, 0.4) is 0 Å². The lowest BCUT2D eigenvalue weighted by Crippen LogP contribution is -2.15. The molecule has 2 atom stereocenters. The predicted octanol–water partition coefficient (Wildman–Crippen LogP) is 3.33. The van der Waals surface area contributed by atoms with Crippen LogP contribution in [0.1, 0.15) is 63.3 Å². The van der Waals surface area contributed by atoms with Crippen LogP contribution < -0.4 is 5.73 Å². The smallest absolute Gasteiger partial charge is 0.0641 e. The highest BCUT2D eigenvalue weighted by Crippen LogP contribution is 2.26. The number of aryl methyl sites for hydroxylation is 2. The van der Waals surface area contributed by atoms with Gasteiger partial charge in [-0.25, -0.2) is 0 Å². The van der Waals surface area contributed by atoms with Gasteiger partial charge in [0.15, 0.2) is 0 Å². The first-order chi connectivity index (χ1) is 8.08. The van der Waals surface area contributed by atoms with Gasteiger partial charge in [0.25, 0.3) is 0 Å². The van der Waals surface area contributed by atoms with E-state index >= 15 is 0 Å². The number of nitrogens with two attached hydrogens (primary N) is 1. The Balaban J connectivity index is 2.57. The molecule has 17 heavy (non-hydrogen) atoms. The number of unbranched alkanes of at least 4 members (excludes halogenated alkanes) is 1. The average Bonchev–Trinajstić information content (AvgIpc) is 2.63. The van der Waals surface area contributed by atoms with Gasteiger partial charge in [-0.1, -0.05) is 39.5 Å². The Morgan fingerprint density at radius 3 is 2.59 bits per heavy atom. The second-order valence-electron chi connectivity index (χ2n) is 5.10. The molecule has 0 saturated carbocycles. The van der Waals surface area contributed by atoms with Gasteiger partial charge in [0, 0.05) is 24.8 Å². The molecule has 2 unspecified atom stereocenters. The fraction of sp³-hybridized carbons (Fsp3) is 0.786. The molecule has 98 valence electrons. The molecule has 1 rings (SSSR count). The van der Waals surface area contributed by atoms with Crippen molar-refractivity contribution in [1.29, 1.82) is 0 Å². The van der Waals surface area contributed by atoms with Gasteiger partial charge in [-0.15, -0.1) is 0 Å². The summed E-state index contributed by atoms with van der Waals surface area (Å²) >= 11 is 0. The van der Waals surface area contributed by atoms with Crippen LogP contribution in [0.4, 0.5) is 0 Å². The molecule has 0 aliphatic heterocycles. The summed E-state index contributed by atoms with van der Waals surface area (Å²) in [4.78, 5) is 0. The van der Waals surface area contributed by atoms with E-state index in [1.807, 2.05) is 18.7 Å². The first-order valence-electron chi connectivity index (χ1n) is 6.84. The van der Waals surface area contributed by atoms with Crippen LogP contribution in [0, 0.1) is 12.8 Å². The number of aromatic nitrogens is 2. The topological polar surface area (TPSA) is 43.8 Å². The normalized spacial score (nSPS) is 14.9. The molecule has 0 bridgehead atoms. The standard InChI is InChI=1S/C14H27N3/c1-5-7-8-12(6-2)9-14(15)13-10-17(4)16-11(13)3/h10,12,14H,5-9,15H2,1-4H3. The lowest BCUT2D eigenvalue weighted by Gasteiger charge is -2.19. The van der Waals surface area contributed by atoms with Crippen LogP contribution >= 0.6 is 0 Å². The van der Waals surface area contributed by atoms with Gasteiger partial charge >= 0.3 is 0 Å². The highest BCUT2D eigenvalue weighted by Gasteiger charge is 2.16. The molecule has 0 saturated heterocycles. The summed E-state index contributed by atoms with van der Waals surface area (Å²) in [5.41, 5.74) is 8.59. The van der Waals surface area contributed by atoms with Crippen molar-refractivity contribution in [3.63, 3.8) is 0 Å². The van der Waals surface area contributed by atoms with Crippen LogP contribution in [0.2, 0.25) is 0 Å². The van der Waals surface area contributed by atoms with Crippen LogP contribution in [-0.2, 0) is 7.05 Å². The molecule has 1 aromatic heterocycles. The maximum absolute atomic E-state index is 6.30. The van der Waals surface area contributed by atoms with Gasteiger partial charge in [-0.2, -0.15) is 5.10 Å². The zero-order valence-electron chi connectivity index (χ0n) is 11.7. The maximum Gasteiger partial charge on any atom is 0.0641 e. The molecule has 0 aliphatic rings. The van der Waals surface area contributed by atoms with E-state index in [1.54, 1.807) is 0 Å². The lowest BCUT2D eigenvalue weighted by atomic mass is 9.90. The molecular formula is C14H27N3. The maximum atomic E-state index is 6.30. The van der Waals surface area contributed by atoms with E-state index in [9.17, 15) is 0 Å². The van der Waals surface area contributed by atoms with Gasteiger partial charge in [0.2, 0.25) is 0 Å². The zero-order chi connectivity index (χ0) is 12.8. The highest BCUT2D eigenvalue weighted by atomic mass is 15.2. The monoisotopic (exact) mass is 237 g/mol. The second kappa shape index (κ2) is 6.80. The van der Waals surface area contributed by atoms with E-state index in [4.69, 9.17) is 5.73 Å². The predicted molar refractivity (Wildman–Crippen MR) is 72.8 cm³/mol. The van der Waals surface area contributed by atoms with Crippen LogP contribution in [0.5, 0.6) is 0 Å². The Kier molecular flexibility index (Phi) is 5.69. The Morgan fingerprint density at radius 1 is 1.41 bits per heavy atom. The first kappa shape index (κ1) is 14.2. The fourth-order valence-corrected chi connectivity index (χ4v) is 2.45. The Labute approximate surface area is 105 Å². The summed E-state index contributed by atoms with van der Waals surface area (Å²) in [7, 11) is 1.96. The summed E-state index contributed by atoms with van der Waals surface area (Å²) < 4.78 is 1.86. The molecule has 0 amide bonds. The number of rotatable bonds is 7. The first-order valence-corrected chi connectivity index (χ1v) is 6.84. The van der Waals surface area contributed by atoms with Crippen molar-refractivity contribution in [3.05, 3.63) is 17.5 Å².